The first-order chi connectivity index (χ1) is 4.93. The van der Waals surface area contributed by atoms with Gasteiger partial charge in [-0.05, 0) is 25.9 Å². The van der Waals surface area contributed by atoms with E-state index in [9.17, 15) is 5.21 Å². The predicted molar refractivity (Wildman–Crippen MR) is 33.7 cm³/mol. The molecule has 0 radical (unpaired) electrons. The fraction of sp³-hybridized carbons (Fsp3) is 1.00. The second kappa shape index (κ2) is 4.05. The molecule has 1 fully saturated rings. The molecule has 0 amide bonds. The minimum Gasteiger partial charge on any atom is -0.599 e. The van der Waals surface area contributed by atoms with Crippen LogP contribution in [0.4, 0.5) is 0 Å². The molecule has 2 N–H and O–H groups in total. The zero-order valence-corrected chi connectivity index (χ0v) is 5.67. The van der Waals surface area contributed by atoms with Crippen molar-refractivity contribution in [3.05, 3.63) is 5.21 Å². The monoisotopic (exact) mass is 145 g/mol. The third kappa shape index (κ3) is 2.18. The molecular weight excluding hydrogens is 134 g/mol. The Balaban J connectivity index is 2.13. The molecule has 10 heavy (non-hydrogen) atoms. The molecule has 0 aromatic rings. The Morgan fingerprint density at radius 1 is 1.50 bits per heavy atom. The second-order valence-corrected chi connectivity index (χ2v) is 2.24. The molecule has 0 saturated carbocycles. The highest BCUT2D eigenvalue weighted by molar-refractivity contribution is 4.66. The molecule has 0 aromatic carbocycles. The lowest BCUT2D eigenvalue weighted by Crippen LogP contribution is -2.56. The van der Waals surface area contributed by atoms with Gasteiger partial charge in [0.15, 0.2) is 5.28 Å². The fourth-order valence-corrected chi connectivity index (χ4v) is 0.997. The Morgan fingerprint density at radius 3 is 2.80 bits per heavy atom. The lowest BCUT2D eigenvalue weighted by Gasteiger charge is -2.18. The molecule has 58 valence electrons. The summed E-state index contributed by atoms with van der Waals surface area (Å²) in [7, 11) is 0. The summed E-state index contributed by atoms with van der Waals surface area (Å²) in [5.74, 6) is 0. The Labute approximate surface area is 59.0 Å². The fourth-order valence-electron chi connectivity index (χ4n) is 0.997. The van der Waals surface area contributed by atoms with Crippen molar-refractivity contribution in [2.75, 3.05) is 13.1 Å². The Morgan fingerprint density at radius 2 is 2.20 bits per heavy atom. The summed E-state index contributed by atoms with van der Waals surface area (Å²) in [5.41, 5.74) is 0. The largest absolute Gasteiger partial charge is 0.599 e. The molecule has 0 unspecified atom stereocenters. The Hall–Kier alpha value is -0.840. The zero-order chi connectivity index (χ0) is 7.23. The van der Waals surface area contributed by atoms with Crippen LogP contribution in [-0.2, 0) is 4.84 Å². The van der Waals surface area contributed by atoms with Crippen LogP contribution < -0.4 is 10.6 Å². The van der Waals surface area contributed by atoms with E-state index in [0.717, 1.165) is 25.9 Å². The standard InChI is InChI=1S/C5H11N3O2/c9-7-8-10-5-1-3-6-4-2-5/h5-7H,1-4H2. The van der Waals surface area contributed by atoms with Crippen molar-refractivity contribution >= 4 is 0 Å². The van der Waals surface area contributed by atoms with Crippen molar-refractivity contribution in [1.29, 1.82) is 0 Å². The molecule has 1 saturated heterocycles. The number of rotatable bonds is 2. The minimum absolute atomic E-state index is 0.114. The first-order valence-electron chi connectivity index (χ1n) is 3.37. The summed E-state index contributed by atoms with van der Waals surface area (Å²) in [6, 6.07) is 0. The summed E-state index contributed by atoms with van der Waals surface area (Å²) < 4.78 is 0. The average molecular weight is 145 g/mol. The van der Waals surface area contributed by atoms with E-state index >= 15 is 0 Å². The van der Waals surface area contributed by atoms with Gasteiger partial charge in [0.25, 0.3) is 0 Å². The molecule has 5 nitrogen and oxygen atoms in total. The van der Waals surface area contributed by atoms with Crippen LogP contribution in [0.1, 0.15) is 12.8 Å². The van der Waals surface area contributed by atoms with Crippen molar-refractivity contribution in [2.24, 2.45) is 5.28 Å². The molecule has 1 rings (SSSR count). The molecule has 0 aromatic heterocycles. The van der Waals surface area contributed by atoms with Crippen molar-refractivity contribution in [3.8, 4) is 0 Å². The van der Waals surface area contributed by atoms with E-state index in [1.165, 1.54) is 5.28 Å². The quantitative estimate of drug-likeness (QED) is 0.375. The van der Waals surface area contributed by atoms with Crippen molar-refractivity contribution in [3.63, 3.8) is 0 Å². The Bertz CT molecular complexity index is 111. The normalized spacial score (nSPS) is 21.6. The first-order valence-corrected chi connectivity index (χ1v) is 3.37. The maximum Gasteiger partial charge on any atom is 0.197 e. The summed E-state index contributed by atoms with van der Waals surface area (Å²) in [4.78, 5) is 4.79. The molecule has 5 heteroatoms. The molecule has 0 atom stereocenters. The van der Waals surface area contributed by atoms with Crippen LogP contribution in [0.3, 0.4) is 0 Å². The third-order valence-electron chi connectivity index (χ3n) is 1.53. The van der Waals surface area contributed by atoms with Crippen LogP contribution in [0.15, 0.2) is 5.28 Å². The smallest absolute Gasteiger partial charge is 0.197 e. The van der Waals surface area contributed by atoms with Crippen LogP contribution in [0.2, 0.25) is 0 Å². The molecule has 0 bridgehead atoms. The minimum atomic E-state index is 0.114. The molecule has 1 aliphatic heterocycles. The molecule has 1 heterocycles. The zero-order valence-electron chi connectivity index (χ0n) is 5.67. The highest BCUT2D eigenvalue weighted by atomic mass is 16.7. The second-order valence-electron chi connectivity index (χ2n) is 2.24. The van der Waals surface area contributed by atoms with E-state index in [0.29, 0.717) is 0 Å². The highest BCUT2D eigenvalue weighted by Crippen LogP contribution is 2.05. The van der Waals surface area contributed by atoms with E-state index in [-0.39, 0.29) is 6.10 Å². The number of nitrogens with zero attached hydrogens (tertiary/aromatic N) is 1. The molecule has 1 aliphatic rings. The van der Waals surface area contributed by atoms with Gasteiger partial charge in [-0.1, -0.05) is 5.28 Å². The lowest BCUT2D eigenvalue weighted by molar-refractivity contribution is -0.499. The van der Waals surface area contributed by atoms with Crippen LogP contribution in [0, 0.1) is 5.21 Å². The molecule has 0 aliphatic carbocycles. The SMILES string of the molecule is [O-]/[NH+]=N\OC1CCNCC1. The van der Waals surface area contributed by atoms with Crippen LogP contribution in [0.5, 0.6) is 0 Å². The predicted octanol–water partition coefficient (Wildman–Crippen LogP) is -1.30. The summed E-state index contributed by atoms with van der Waals surface area (Å²) in [6.07, 6.45) is 1.96. The van der Waals surface area contributed by atoms with E-state index in [1.54, 1.807) is 0 Å². The van der Waals surface area contributed by atoms with E-state index in [1.807, 2.05) is 0 Å². The first kappa shape index (κ1) is 7.27. The van der Waals surface area contributed by atoms with Gasteiger partial charge < -0.3 is 15.4 Å². The lowest BCUT2D eigenvalue weighted by atomic mass is 10.1. The topological polar surface area (TPSA) is 70.7 Å². The maximum atomic E-state index is 9.62. The van der Waals surface area contributed by atoms with Crippen LogP contribution in [-0.4, -0.2) is 19.2 Å². The summed E-state index contributed by atoms with van der Waals surface area (Å²) >= 11 is 0. The molecular formula is C5H11N3O2. The number of hydrogen-bond donors (Lipinski definition) is 2. The van der Waals surface area contributed by atoms with Gasteiger partial charge in [-0.3, -0.25) is 0 Å². The number of hydrogen-bond acceptors (Lipinski definition) is 4. The van der Waals surface area contributed by atoms with Gasteiger partial charge in [0.05, 0.1) is 0 Å². The van der Waals surface area contributed by atoms with E-state index in [4.69, 9.17) is 4.84 Å². The van der Waals surface area contributed by atoms with Gasteiger partial charge in [0, 0.05) is 0 Å². The number of piperidine rings is 1. The van der Waals surface area contributed by atoms with Crippen LogP contribution in [0.25, 0.3) is 0 Å². The highest BCUT2D eigenvalue weighted by Gasteiger charge is 2.13. The van der Waals surface area contributed by atoms with Crippen molar-refractivity contribution in [1.82, 2.24) is 5.32 Å². The van der Waals surface area contributed by atoms with Gasteiger partial charge in [0.1, 0.15) is 6.10 Å². The third-order valence-corrected chi connectivity index (χ3v) is 1.53. The van der Waals surface area contributed by atoms with Crippen molar-refractivity contribution in [2.45, 2.75) is 18.9 Å². The van der Waals surface area contributed by atoms with Gasteiger partial charge in [0.2, 0.25) is 0 Å². The summed E-state index contributed by atoms with van der Waals surface area (Å²) in [5, 5.41) is 17.2. The van der Waals surface area contributed by atoms with E-state index in [2.05, 4.69) is 10.6 Å². The van der Waals surface area contributed by atoms with Gasteiger partial charge >= 0.3 is 0 Å². The van der Waals surface area contributed by atoms with Gasteiger partial charge in [-0.25, -0.2) is 0 Å². The van der Waals surface area contributed by atoms with E-state index < -0.39 is 0 Å². The molecule has 0 spiro atoms. The van der Waals surface area contributed by atoms with Gasteiger partial charge in [-0.2, -0.15) is 0 Å². The van der Waals surface area contributed by atoms with Gasteiger partial charge in [-0.15, -0.1) is 0 Å². The summed E-state index contributed by atoms with van der Waals surface area (Å²) in [6.45, 7) is 1.89. The Kier molecular flexibility index (Phi) is 2.95. The van der Waals surface area contributed by atoms with Crippen LogP contribution >= 0.6 is 0 Å². The average Bonchev–Trinajstić information content (AvgIpc) is 2.03. The maximum absolute atomic E-state index is 9.62. The van der Waals surface area contributed by atoms with Crippen molar-refractivity contribution < 1.29 is 10.1 Å². The number of nitrogens with one attached hydrogen (secondary N) is 2.